The maximum Gasteiger partial charge on any atom is 0.137 e. The molecular weight excluding hydrogens is 301 g/mol. The van der Waals surface area contributed by atoms with Crippen LogP contribution in [0.15, 0.2) is 52.7 Å². The minimum Gasteiger partial charge on any atom is -0.378 e. The number of nitrogens with one attached hydrogen (secondary N) is 1. The number of anilines is 1. The number of hydrogen-bond acceptors (Lipinski definition) is 3. The summed E-state index contributed by atoms with van der Waals surface area (Å²) < 4.78 is 15.2. The van der Waals surface area contributed by atoms with Crippen LogP contribution in [0, 0.1) is 5.82 Å². The SMILES string of the molecule is Fc1cccc2c1SCCC2Nc1ccc2sccc2c1. The van der Waals surface area contributed by atoms with Gasteiger partial charge < -0.3 is 5.32 Å². The second kappa shape index (κ2) is 5.35. The number of fused-ring (bicyclic) bond motifs is 2. The Labute approximate surface area is 131 Å². The van der Waals surface area contributed by atoms with Crippen molar-refractivity contribution in [2.45, 2.75) is 17.4 Å². The van der Waals surface area contributed by atoms with E-state index in [9.17, 15) is 4.39 Å². The molecule has 1 aliphatic heterocycles. The molecule has 21 heavy (non-hydrogen) atoms. The fourth-order valence-corrected chi connectivity index (χ4v) is 4.71. The number of hydrogen-bond donors (Lipinski definition) is 1. The molecule has 0 aliphatic carbocycles. The topological polar surface area (TPSA) is 12.0 Å². The zero-order valence-corrected chi connectivity index (χ0v) is 12.9. The third-order valence-corrected chi connectivity index (χ3v) is 5.88. The smallest absolute Gasteiger partial charge is 0.137 e. The van der Waals surface area contributed by atoms with Gasteiger partial charge in [0, 0.05) is 21.0 Å². The van der Waals surface area contributed by atoms with Gasteiger partial charge in [-0.15, -0.1) is 23.1 Å². The molecule has 4 heteroatoms. The highest BCUT2D eigenvalue weighted by molar-refractivity contribution is 7.99. The second-order valence-corrected chi connectivity index (χ2v) is 7.22. The molecule has 0 saturated heterocycles. The fraction of sp³-hybridized carbons (Fsp3) is 0.176. The van der Waals surface area contributed by atoms with Crippen LogP contribution in [0.5, 0.6) is 0 Å². The molecule has 1 aliphatic rings. The molecule has 0 bridgehead atoms. The molecule has 2 aromatic carbocycles. The molecule has 106 valence electrons. The zero-order chi connectivity index (χ0) is 14.2. The van der Waals surface area contributed by atoms with Crippen LogP contribution in [0.4, 0.5) is 10.1 Å². The largest absolute Gasteiger partial charge is 0.378 e. The summed E-state index contributed by atoms with van der Waals surface area (Å²) in [6.07, 6.45) is 1.02. The van der Waals surface area contributed by atoms with Crippen molar-refractivity contribution in [2.75, 3.05) is 11.1 Å². The van der Waals surface area contributed by atoms with Crippen molar-refractivity contribution < 1.29 is 4.39 Å². The van der Waals surface area contributed by atoms with E-state index in [2.05, 4.69) is 35.0 Å². The Morgan fingerprint density at radius 2 is 2.10 bits per heavy atom. The number of halogens is 1. The van der Waals surface area contributed by atoms with Gasteiger partial charge in [0.15, 0.2) is 0 Å². The molecule has 3 aromatic rings. The first kappa shape index (κ1) is 13.2. The van der Waals surface area contributed by atoms with Crippen molar-refractivity contribution in [1.82, 2.24) is 0 Å². The second-order valence-electron chi connectivity index (χ2n) is 5.17. The molecular formula is C17H14FNS2. The van der Waals surface area contributed by atoms with E-state index in [1.807, 2.05) is 6.07 Å². The third kappa shape index (κ3) is 2.43. The van der Waals surface area contributed by atoms with Crippen LogP contribution < -0.4 is 5.32 Å². The number of thiophene rings is 1. The quantitative estimate of drug-likeness (QED) is 0.652. The molecule has 0 fully saturated rings. The lowest BCUT2D eigenvalue weighted by molar-refractivity contribution is 0.585. The molecule has 1 N–H and O–H groups in total. The maximum absolute atomic E-state index is 13.9. The normalized spacial score (nSPS) is 17.7. The van der Waals surface area contributed by atoms with Crippen molar-refractivity contribution in [2.24, 2.45) is 0 Å². The first-order valence-corrected chi connectivity index (χ1v) is 8.83. The van der Waals surface area contributed by atoms with Crippen molar-refractivity contribution >= 4 is 38.9 Å². The lowest BCUT2D eigenvalue weighted by Crippen LogP contribution is -2.16. The Morgan fingerprint density at radius 3 is 3.05 bits per heavy atom. The van der Waals surface area contributed by atoms with Crippen molar-refractivity contribution in [1.29, 1.82) is 0 Å². The summed E-state index contributed by atoms with van der Waals surface area (Å²) in [5, 5.41) is 6.94. The van der Waals surface area contributed by atoms with Gasteiger partial charge >= 0.3 is 0 Å². The highest BCUT2D eigenvalue weighted by Gasteiger charge is 2.22. The van der Waals surface area contributed by atoms with Crippen molar-refractivity contribution in [3.8, 4) is 0 Å². The van der Waals surface area contributed by atoms with E-state index in [1.165, 1.54) is 10.1 Å². The van der Waals surface area contributed by atoms with Gasteiger partial charge in [0.1, 0.15) is 5.82 Å². The predicted molar refractivity (Wildman–Crippen MR) is 89.9 cm³/mol. The van der Waals surface area contributed by atoms with Crippen molar-refractivity contribution in [3.05, 3.63) is 59.2 Å². The summed E-state index contributed by atoms with van der Waals surface area (Å²) in [5.74, 6) is 0.851. The van der Waals surface area contributed by atoms with Crippen LogP contribution in [0.3, 0.4) is 0 Å². The summed E-state index contributed by atoms with van der Waals surface area (Å²) in [7, 11) is 0. The van der Waals surface area contributed by atoms with Gasteiger partial charge in [-0.25, -0.2) is 4.39 Å². The Morgan fingerprint density at radius 1 is 1.14 bits per heavy atom. The Bertz CT molecular complexity index is 796. The standard InChI is InChI=1S/C17H14FNS2/c18-14-3-1-2-13-15(7-9-21-17(13)14)19-12-4-5-16-11(10-12)6-8-20-16/h1-6,8,10,15,19H,7,9H2. The highest BCUT2D eigenvalue weighted by atomic mass is 32.2. The predicted octanol–water partition coefficient (Wildman–Crippen LogP) is 5.69. The highest BCUT2D eigenvalue weighted by Crippen LogP contribution is 2.39. The van der Waals surface area contributed by atoms with Gasteiger partial charge in [-0.1, -0.05) is 12.1 Å². The molecule has 1 nitrogen and oxygen atoms in total. The van der Waals surface area contributed by atoms with Crippen molar-refractivity contribution in [3.63, 3.8) is 0 Å². The van der Waals surface area contributed by atoms with E-state index in [1.54, 1.807) is 35.2 Å². The van der Waals surface area contributed by atoms with E-state index in [4.69, 9.17) is 0 Å². The van der Waals surface area contributed by atoms with E-state index >= 15 is 0 Å². The number of thioether (sulfide) groups is 1. The summed E-state index contributed by atoms with van der Waals surface area (Å²) >= 11 is 3.37. The first-order chi connectivity index (χ1) is 10.3. The minimum absolute atomic E-state index is 0.0997. The van der Waals surface area contributed by atoms with Gasteiger partial charge in [0.2, 0.25) is 0 Å². The maximum atomic E-state index is 13.9. The van der Waals surface area contributed by atoms with Crippen LogP contribution in [0.2, 0.25) is 0 Å². The molecule has 0 radical (unpaired) electrons. The summed E-state index contributed by atoms with van der Waals surface area (Å²) in [4.78, 5) is 0.804. The summed E-state index contributed by atoms with van der Waals surface area (Å²) in [5.41, 5.74) is 2.18. The number of rotatable bonds is 2. The Balaban J connectivity index is 1.67. The van der Waals surface area contributed by atoms with Crippen LogP contribution in [0.25, 0.3) is 10.1 Å². The van der Waals surface area contributed by atoms with Crippen LogP contribution in [-0.4, -0.2) is 5.75 Å². The van der Waals surface area contributed by atoms with Gasteiger partial charge in [-0.05, 0) is 53.1 Å². The number of benzene rings is 2. The Hall–Kier alpha value is -1.52. The molecule has 0 saturated carbocycles. The van der Waals surface area contributed by atoms with Gasteiger partial charge in [0.25, 0.3) is 0 Å². The molecule has 0 amide bonds. The van der Waals surface area contributed by atoms with Gasteiger partial charge in [-0.3, -0.25) is 0 Å². The molecule has 1 aromatic heterocycles. The summed E-state index contributed by atoms with van der Waals surface area (Å²) in [6.45, 7) is 0. The summed E-state index contributed by atoms with van der Waals surface area (Å²) in [6, 6.07) is 14.1. The van der Waals surface area contributed by atoms with Crippen LogP contribution in [-0.2, 0) is 0 Å². The molecule has 1 atom stereocenters. The van der Waals surface area contributed by atoms with E-state index in [0.717, 1.165) is 28.3 Å². The first-order valence-electron chi connectivity index (χ1n) is 6.96. The fourth-order valence-electron chi connectivity index (χ4n) is 2.79. The monoisotopic (exact) mass is 315 g/mol. The van der Waals surface area contributed by atoms with Crippen LogP contribution in [0.1, 0.15) is 18.0 Å². The zero-order valence-electron chi connectivity index (χ0n) is 11.3. The Kier molecular flexibility index (Phi) is 3.36. The molecule has 2 heterocycles. The molecule has 4 rings (SSSR count). The lowest BCUT2D eigenvalue weighted by Gasteiger charge is -2.27. The average Bonchev–Trinajstić information content (AvgIpc) is 2.96. The third-order valence-electron chi connectivity index (χ3n) is 3.82. The van der Waals surface area contributed by atoms with Crippen LogP contribution >= 0.6 is 23.1 Å². The molecule has 1 unspecified atom stereocenters. The van der Waals surface area contributed by atoms with E-state index < -0.39 is 0 Å². The van der Waals surface area contributed by atoms with Gasteiger partial charge in [0.05, 0.1) is 6.04 Å². The van der Waals surface area contributed by atoms with Gasteiger partial charge in [-0.2, -0.15) is 0 Å². The van der Waals surface area contributed by atoms with E-state index in [0.29, 0.717) is 0 Å². The minimum atomic E-state index is -0.0997. The molecule has 0 spiro atoms. The van der Waals surface area contributed by atoms with E-state index in [-0.39, 0.29) is 11.9 Å². The average molecular weight is 315 g/mol. The lowest BCUT2D eigenvalue weighted by atomic mass is 10.0.